The summed E-state index contributed by atoms with van der Waals surface area (Å²) in [6, 6.07) is 3.89. The maximum atomic E-state index is 12.9. The van der Waals surface area contributed by atoms with E-state index in [1.165, 1.54) is 33.5 Å². The van der Waals surface area contributed by atoms with E-state index in [0.717, 1.165) is 4.90 Å². The standard InChI is InChI=1S/C20H26N2O8/c1-28-16(29-2)9-8-14(20(27)30-3)21-17(24)15(10-11-23)22-18(25)12-6-4-5-7-13(12)19(22)26/h4-7,14-16,23H,8-11H2,1-3H3,(H,21,24). The number of hydrogen-bond acceptors (Lipinski definition) is 8. The molecule has 1 aromatic rings. The number of aliphatic hydroxyl groups excluding tert-OH is 1. The Balaban J connectivity index is 2.20. The zero-order chi connectivity index (χ0) is 22.3. The molecule has 2 atom stereocenters. The second-order valence-corrected chi connectivity index (χ2v) is 6.62. The molecule has 0 fully saturated rings. The molecule has 1 aliphatic rings. The summed E-state index contributed by atoms with van der Waals surface area (Å²) in [6.07, 6.45) is -0.341. The van der Waals surface area contributed by atoms with E-state index in [2.05, 4.69) is 5.32 Å². The molecule has 30 heavy (non-hydrogen) atoms. The molecule has 3 amide bonds. The molecular formula is C20H26N2O8. The Hall–Kier alpha value is -2.82. The lowest BCUT2D eigenvalue weighted by Gasteiger charge is -2.27. The average molecular weight is 422 g/mol. The first-order valence-corrected chi connectivity index (χ1v) is 9.41. The van der Waals surface area contributed by atoms with Gasteiger partial charge in [0.15, 0.2) is 6.29 Å². The van der Waals surface area contributed by atoms with E-state index in [1.54, 1.807) is 12.1 Å². The van der Waals surface area contributed by atoms with Crippen molar-refractivity contribution in [1.29, 1.82) is 0 Å². The number of carbonyl (C=O) groups excluding carboxylic acids is 4. The fourth-order valence-electron chi connectivity index (χ4n) is 3.28. The number of nitrogens with one attached hydrogen (secondary N) is 1. The van der Waals surface area contributed by atoms with Crippen molar-refractivity contribution in [3.8, 4) is 0 Å². The second kappa shape index (κ2) is 10.8. The third-order valence-corrected chi connectivity index (χ3v) is 4.86. The molecule has 0 aliphatic carbocycles. The van der Waals surface area contributed by atoms with Crippen LogP contribution in [0, 0.1) is 0 Å². The van der Waals surface area contributed by atoms with E-state index in [0.29, 0.717) is 0 Å². The van der Waals surface area contributed by atoms with E-state index >= 15 is 0 Å². The summed E-state index contributed by atoms with van der Waals surface area (Å²) in [6.45, 7) is -0.441. The normalized spacial score (nSPS) is 15.2. The molecule has 0 saturated carbocycles. The molecule has 1 aliphatic heterocycles. The zero-order valence-corrected chi connectivity index (χ0v) is 17.1. The van der Waals surface area contributed by atoms with Gasteiger partial charge < -0.3 is 24.6 Å². The monoisotopic (exact) mass is 422 g/mol. The number of ether oxygens (including phenoxy) is 3. The molecule has 0 saturated heterocycles. The first-order valence-electron chi connectivity index (χ1n) is 9.41. The fraction of sp³-hybridized carbons (Fsp3) is 0.500. The van der Waals surface area contributed by atoms with Crippen molar-refractivity contribution in [2.45, 2.75) is 37.6 Å². The van der Waals surface area contributed by atoms with Gasteiger partial charge in [0.05, 0.1) is 18.2 Å². The Kier molecular flexibility index (Phi) is 8.46. The van der Waals surface area contributed by atoms with Gasteiger partial charge >= 0.3 is 5.97 Å². The summed E-state index contributed by atoms with van der Waals surface area (Å²) in [7, 11) is 4.07. The molecule has 0 spiro atoms. The number of benzene rings is 1. The van der Waals surface area contributed by atoms with E-state index in [4.69, 9.17) is 14.2 Å². The Labute approximate surface area is 174 Å². The van der Waals surface area contributed by atoms with Gasteiger partial charge in [-0.15, -0.1) is 0 Å². The van der Waals surface area contributed by atoms with Crippen molar-refractivity contribution in [2.24, 2.45) is 0 Å². The smallest absolute Gasteiger partial charge is 0.328 e. The Bertz CT molecular complexity index is 758. The molecule has 0 bridgehead atoms. The van der Waals surface area contributed by atoms with Gasteiger partial charge in [0.2, 0.25) is 5.91 Å². The summed E-state index contributed by atoms with van der Waals surface area (Å²) >= 11 is 0. The molecule has 2 N–H and O–H groups in total. The number of carbonyl (C=O) groups is 4. The third-order valence-electron chi connectivity index (χ3n) is 4.86. The Morgan fingerprint density at radius 3 is 2.03 bits per heavy atom. The number of rotatable bonds is 11. The van der Waals surface area contributed by atoms with Crippen LogP contribution in [0.1, 0.15) is 40.0 Å². The van der Waals surface area contributed by atoms with Crippen molar-refractivity contribution < 1.29 is 38.5 Å². The van der Waals surface area contributed by atoms with Gasteiger partial charge in [-0.25, -0.2) is 4.79 Å². The van der Waals surface area contributed by atoms with Gasteiger partial charge in [-0.1, -0.05) is 12.1 Å². The predicted octanol–water partition coefficient (Wildman–Crippen LogP) is 0.0905. The van der Waals surface area contributed by atoms with Gasteiger partial charge in [0, 0.05) is 33.7 Å². The molecule has 10 nitrogen and oxygen atoms in total. The lowest BCUT2D eigenvalue weighted by atomic mass is 10.1. The number of fused-ring (bicyclic) bond motifs is 1. The maximum Gasteiger partial charge on any atom is 0.328 e. The lowest BCUT2D eigenvalue weighted by molar-refractivity contribution is -0.147. The molecule has 2 rings (SSSR count). The summed E-state index contributed by atoms with van der Waals surface area (Å²) in [5.41, 5.74) is 0.372. The highest BCUT2D eigenvalue weighted by Crippen LogP contribution is 2.25. The van der Waals surface area contributed by atoms with E-state index in [9.17, 15) is 24.3 Å². The first-order chi connectivity index (χ1) is 14.4. The van der Waals surface area contributed by atoms with Gasteiger partial charge in [-0.05, 0) is 18.6 Å². The summed E-state index contributed by atoms with van der Waals surface area (Å²) in [4.78, 5) is 51.3. The molecule has 164 valence electrons. The van der Waals surface area contributed by atoms with Crippen molar-refractivity contribution >= 4 is 23.7 Å². The van der Waals surface area contributed by atoms with Crippen molar-refractivity contribution in [3.05, 3.63) is 35.4 Å². The topological polar surface area (TPSA) is 131 Å². The summed E-state index contributed by atoms with van der Waals surface area (Å²) in [5.74, 6) is -2.70. The molecular weight excluding hydrogens is 396 g/mol. The number of aliphatic hydroxyl groups is 1. The number of amides is 3. The number of imide groups is 1. The first kappa shape index (κ1) is 23.5. The molecule has 1 aromatic carbocycles. The van der Waals surface area contributed by atoms with Crippen LogP contribution < -0.4 is 5.32 Å². The molecule has 1 heterocycles. The number of methoxy groups -OCH3 is 3. The average Bonchev–Trinajstić information content (AvgIpc) is 3.01. The lowest BCUT2D eigenvalue weighted by Crippen LogP contribution is -2.54. The van der Waals surface area contributed by atoms with E-state index in [-0.39, 0.29) is 30.4 Å². The van der Waals surface area contributed by atoms with Crippen LogP contribution in [-0.2, 0) is 23.8 Å². The van der Waals surface area contributed by atoms with Crippen LogP contribution in [0.2, 0.25) is 0 Å². The minimum absolute atomic E-state index is 0.138. The maximum absolute atomic E-state index is 12.9. The molecule has 2 unspecified atom stereocenters. The van der Waals surface area contributed by atoms with Crippen molar-refractivity contribution in [3.63, 3.8) is 0 Å². The van der Waals surface area contributed by atoms with Crippen LogP contribution in [0.3, 0.4) is 0 Å². The van der Waals surface area contributed by atoms with Crippen molar-refractivity contribution in [2.75, 3.05) is 27.9 Å². The van der Waals surface area contributed by atoms with Crippen LogP contribution in [-0.4, -0.2) is 80.0 Å². The largest absolute Gasteiger partial charge is 0.467 e. The number of esters is 1. The second-order valence-electron chi connectivity index (χ2n) is 6.62. The van der Waals surface area contributed by atoms with Crippen LogP contribution in [0.15, 0.2) is 24.3 Å². The van der Waals surface area contributed by atoms with Crippen molar-refractivity contribution in [1.82, 2.24) is 10.2 Å². The molecule has 10 heteroatoms. The highest BCUT2D eigenvalue weighted by atomic mass is 16.7. The SMILES string of the molecule is COC(=O)C(CCC(OC)OC)NC(=O)C(CCO)N1C(=O)c2ccccc2C1=O. The van der Waals surface area contributed by atoms with Crippen LogP contribution in [0.4, 0.5) is 0 Å². The summed E-state index contributed by atoms with van der Waals surface area (Å²) < 4.78 is 14.9. The minimum Gasteiger partial charge on any atom is -0.467 e. The predicted molar refractivity (Wildman–Crippen MR) is 103 cm³/mol. The van der Waals surface area contributed by atoms with E-state index in [1.807, 2.05) is 0 Å². The zero-order valence-electron chi connectivity index (χ0n) is 17.1. The molecule has 0 radical (unpaired) electrons. The fourth-order valence-corrected chi connectivity index (χ4v) is 3.28. The van der Waals surface area contributed by atoms with Crippen LogP contribution >= 0.6 is 0 Å². The highest BCUT2D eigenvalue weighted by molar-refractivity contribution is 6.22. The van der Waals surface area contributed by atoms with E-state index < -0.39 is 48.7 Å². The van der Waals surface area contributed by atoms with Crippen LogP contribution in [0.5, 0.6) is 0 Å². The van der Waals surface area contributed by atoms with Gasteiger partial charge in [-0.3, -0.25) is 19.3 Å². The van der Waals surface area contributed by atoms with Gasteiger partial charge in [-0.2, -0.15) is 0 Å². The number of hydrogen-bond donors (Lipinski definition) is 2. The Morgan fingerprint density at radius 2 is 1.57 bits per heavy atom. The molecule has 0 aromatic heterocycles. The minimum atomic E-state index is -1.28. The Morgan fingerprint density at radius 1 is 1.00 bits per heavy atom. The third kappa shape index (κ3) is 5.02. The van der Waals surface area contributed by atoms with Crippen LogP contribution in [0.25, 0.3) is 0 Å². The van der Waals surface area contributed by atoms with Gasteiger partial charge in [0.1, 0.15) is 12.1 Å². The number of nitrogens with zero attached hydrogens (tertiary/aromatic N) is 1. The van der Waals surface area contributed by atoms with Gasteiger partial charge in [0.25, 0.3) is 11.8 Å². The highest BCUT2D eigenvalue weighted by Gasteiger charge is 2.43. The quantitative estimate of drug-likeness (QED) is 0.291. The summed E-state index contributed by atoms with van der Waals surface area (Å²) in [5, 5.41) is 11.9.